The van der Waals surface area contributed by atoms with Crippen LogP contribution in [0.5, 0.6) is 0 Å². The maximum absolute atomic E-state index is 12.3. The number of rotatable bonds is 5. The van der Waals surface area contributed by atoms with E-state index < -0.39 is 23.0 Å². The first-order chi connectivity index (χ1) is 13.7. The summed E-state index contributed by atoms with van der Waals surface area (Å²) in [5.74, 6) is 0.0218. The molecule has 0 spiro atoms. The van der Waals surface area contributed by atoms with E-state index in [4.69, 9.17) is 4.74 Å². The summed E-state index contributed by atoms with van der Waals surface area (Å²) < 4.78 is 5.38. The molecule has 29 heavy (non-hydrogen) atoms. The molecule has 2 N–H and O–H groups in total. The second-order valence-electron chi connectivity index (χ2n) is 9.27. The molecule has 0 atom stereocenters. The van der Waals surface area contributed by atoms with Crippen molar-refractivity contribution in [3.8, 4) is 0 Å². The molecule has 0 aromatic carbocycles. The number of carbonyl (C=O) groups is 2. The van der Waals surface area contributed by atoms with E-state index in [-0.39, 0.29) is 6.42 Å². The Morgan fingerprint density at radius 3 is 2.55 bits per heavy atom. The van der Waals surface area contributed by atoms with Crippen LogP contribution in [0.3, 0.4) is 0 Å². The third-order valence-corrected chi connectivity index (χ3v) is 5.87. The monoisotopic (exact) mass is 400 g/mol. The lowest BCUT2D eigenvalue weighted by Crippen LogP contribution is -2.46. The molecule has 1 aliphatic carbocycles. The van der Waals surface area contributed by atoms with E-state index in [9.17, 15) is 14.7 Å². The minimum absolute atomic E-state index is 0.107. The minimum atomic E-state index is -1.09. The largest absolute Gasteiger partial charge is 0.481 e. The van der Waals surface area contributed by atoms with Gasteiger partial charge in [0, 0.05) is 19.3 Å². The maximum atomic E-state index is 12.3. The average molecular weight is 400 g/mol. The zero-order chi connectivity index (χ0) is 20.8. The predicted octanol–water partition coefficient (Wildman–Crippen LogP) is 3.24. The Balaban J connectivity index is 1.54. The van der Waals surface area contributed by atoms with Crippen LogP contribution < -0.4 is 4.90 Å². The van der Waals surface area contributed by atoms with E-state index in [1.807, 2.05) is 6.20 Å². The van der Waals surface area contributed by atoms with Gasteiger partial charge in [-0.25, -0.2) is 9.97 Å². The lowest BCUT2D eigenvalue weighted by atomic mass is 9.75. The molecule has 1 saturated heterocycles. The fourth-order valence-corrected chi connectivity index (χ4v) is 4.19. The van der Waals surface area contributed by atoms with E-state index in [0.29, 0.717) is 31.8 Å². The number of hydrogen-bond acceptors (Lipinski definition) is 6. The van der Waals surface area contributed by atoms with Crippen molar-refractivity contribution in [1.82, 2.24) is 15.0 Å². The second-order valence-corrected chi connectivity index (χ2v) is 9.27. The Morgan fingerprint density at radius 1 is 1.28 bits per heavy atom. The van der Waals surface area contributed by atoms with Gasteiger partial charge in [0.15, 0.2) is 0 Å². The van der Waals surface area contributed by atoms with Gasteiger partial charge in [0.25, 0.3) is 0 Å². The quantitative estimate of drug-likeness (QED) is 0.742. The fourth-order valence-electron chi connectivity index (χ4n) is 4.19. The molecule has 2 aromatic heterocycles. The van der Waals surface area contributed by atoms with Crippen LogP contribution in [0.2, 0.25) is 0 Å². The predicted molar refractivity (Wildman–Crippen MR) is 108 cm³/mol. The number of aromatic nitrogens is 3. The van der Waals surface area contributed by atoms with Gasteiger partial charge in [-0.2, -0.15) is 0 Å². The maximum Gasteiger partial charge on any atom is 0.310 e. The molecule has 0 radical (unpaired) electrons. The summed E-state index contributed by atoms with van der Waals surface area (Å²) in [5.41, 5.74) is 0.347. The summed E-state index contributed by atoms with van der Waals surface area (Å²) in [6.07, 6.45) is 6.56. The number of anilines is 1. The van der Waals surface area contributed by atoms with Crippen LogP contribution in [0, 0.1) is 5.41 Å². The summed E-state index contributed by atoms with van der Waals surface area (Å²) in [6.45, 7) is 6.41. The Kier molecular flexibility index (Phi) is 4.75. The van der Waals surface area contributed by atoms with Gasteiger partial charge < -0.3 is 19.7 Å². The third kappa shape index (κ3) is 3.93. The van der Waals surface area contributed by atoms with E-state index in [1.54, 1.807) is 27.1 Å². The van der Waals surface area contributed by atoms with Crippen LogP contribution in [0.25, 0.3) is 11.0 Å². The van der Waals surface area contributed by atoms with E-state index in [1.165, 1.54) is 18.4 Å². The van der Waals surface area contributed by atoms with Crippen LogP contribution in [0.4, 0.5) is 5.82 Å². The van der Waals surface area contributed by atoms with Crippen molar-refractivity contribution >= 4 is 28.8 Å². The number of carboxylic acid groups (broad SMARTS) is 1. The van der Waals surface area contributed by atoms with Gasteiger partial charge in [0.05, 0.1) is 17.2 Å². The number of esters is 1. The first-order valence-electron chi connectivity index (χ1n) is 10.2. The Morgan fingerprint density at radius 2 is 1.97 bits per heavy atom. The standard InChI is InChI=1S/C21H28N4O4/c1-20(2,3)29-15(26)10-21(19(27)28)6-8-25(9-7-21)18-16-14(13-4-5-13)11-22-17(16)23-12-24-18/h11-13H,4-10H2,1-3H3,(H,27,28)(H,22,23,24). The highest BCUT2D eigenvalue weighted by Gasteiger charge is 2.45. The van der Waals surface area contributed by atoms with Crippen LogP contribution in [0.1, 0.15) is 64.4 Å². The SMILES string of the molecule is CC(C)(C)OC(=O)CC1(C(=O)O)CCN(c2ncnc3[nH]cc(C4CC4)c23)CC1. The van der Waals surface area contributed by atoms with Crippen molar-refractivity contribution < 1.29 is 19.4 Å². The molecular weight excluding hydrogens is 372 g/mol. The van der Waals surface area contributed by atoms with Gasteiger partial charge in [-0.1, -0.05) is 0 Å². The summed E-state index contributed by atoms with van der Waals surface area (Å²) in [7, 11) is 0. The molecule has 2 fully saturated rings. The molecule has 2 aromatic rings. The molecular formula is C21H28N4O4. The lowest BCUT2D eigenvalue weighted by molar-refractivity contribution is -0.166. The van der Waals surface area contributed by atoms with Crippen LogP contribution in [-0.2, 0) is 14.3 Å². The number of nitrogens with zero attached hydrogens (tertiary/aromatic N) is 3. The first kappa shape index (κ1) is 19.7. The Bertz CT molecular complexity index is 934. The van der Waals surface area contributed by atoms with Crippen molar-refractivity contribution in [1.29, 1.82) is 0 Å². The van der Waals surface area contributed by atoms with Gasteiger partial charge in [-0.15, -0.1) is 0 Å². The average Bonchev–Trinajstić information content (AvgIpc) is 3.39. The molecule has 2 aliphatic rings. The molecule has 8 heteroatoms. The van der Waals surface area contributed by atoms with Gasteiger partial charge in [0.2, 0.25) is 0 Å². The van der Waals surface area contributed by atoms with Crippen molar-refractivity contribution in [3.63, 3.8) is 0 Å². The van der Waals surface area contributed by atoms with Crippen LogP contribution in [-0.4, -0.2) is 50.7 Å². The van der Waals surface area contributed by atoms with Crippen molar-refractivity contribution in [2.24, 2.45) is 5.41 Å². The van der Waals surface area contributed by atoms with Crippen molar-refractivity contribution in [2.75, 3.05) is 18.0 Å². The summed E-state index contributed by atoms with van der Waals surface area (Å²) in [6, 6.07) is 0. The van der Waals surface area contributed by atoms with Crippen molar-refractivity contribution in [3.05, 3.63) is 18.1 Å². The van der Waals surface area contributed by atoms with Crippen LogP contribution in [0.15, 0.2) is 12.5 Å². The fraction of sp³-hybridized carbons (Fsp3) is 0.619. The first-order valence-corrected chi connectivity index (χ1v) is 10.2. The molecule has 1 saturated carbocycles. The zero-order valence-corrected chi connectivity index (χ0v) is 17.2. The highest BCUT2D eigenvalue weighted by molar-refractivity contribution is 5.92. The number of fused-ring (bicyclic) bond motifs is 1. The number of nitrogens with one attached hydrogen (secondary N) is 1. The normalized spacial score (nSPS) is 19.3. The molecule has 1 aliphatic heterocycles. The molecule has 0 bridgehead atoms. The van der Waals surface area contributed by atoms with E-state index in [2.05, 4.69) is 19.9 Å². The Hall–Kier alpha value is -2.64. The summed E-state index contributed by atoms with van der Waals surface area (Å²) >= 11 is 0. The minimum Gasteiger partial charge on any atom is -0.481 e. The number of carbonyl (C=O) groups excluding carboxylic acids is 1. The number of hydrogen-bond donors (Lipinski definition) is 2. The molecule has 156 valence electrons. The van der Waals surface area contributed by atoms with E-state index >= 15 is 0 Å². The zero-order valence-electron chi connectivity index (χ0n) is 17.2. The molecule has 4 rings (SSSR count). The lowest BCUT2D eigenvalue weighted by Gasteiger charge is -2.39. The molecule has 0 amide bonds. The van der Waals surface area contributed by atoms with Crippen molar-refractivity contribution in [2.45, 2.75) is 64.4 Å². The van der Waals surface area contributed by atoms with Gasteiger partial charge >= 0.3 is 11.9 Å². The summed E-state index contributed by atoms with van der Waals surface area (Å²) in [4.78, 5) is 38.7. The smallest absolute Gasteiger partial charge is 0.310 e. The number of ether oxygens (including phenoxy) is 1. The highest BCUT2D eigenvalue weighted by atomic mass is 16.6. The van der Waals surface area contributed by atoms with Gasteiger partial charge in [-0.05, 0) is 57.9 Å². The number of H-pyrrole nitrogens is 1. The molecule has 3 heterocycles. The third-order valence-electron chi connectivity index (χ3n) is 5.87. The van der Waals surface area contributed by atoms with E-state index in [0.717, 1.165) is 16.9 Å². The molecule has 0 unspecified atom stereocenters. The topological polar surface area (TPSA) is 108 Å². The summed E-state index contributed by atoms with van der Waals surface area (Å²) in [5, 5.41) is 10.9. The van der Waals surface area contributed by atoms with Gasteiger partial charge in [0.1, 0.15) is 23.4 Å². The van der Waals surface area contributed by atoms with Crippen LogP contribution >= 0.6 is 0 Å². The number of aromatic amines is 1. The van der Waals surface area contributed by atoms with Gasteiger partial charge in [-0.3, -0.25) is 9.59 Å². The number of piperidine rings is 1. The second kappa shape index (κ2) is 7.00. The number of aliphatic carboxylic acids is 1. The molecule has 8 nitrogen and oxygen atoms in total. The number of carboxylic acids is 1. The highest BCUT2D eigenvalue weighted by Crippen LogP contribution is 2.45. The Labute approximate surface area is 169 Å².